The van der Waals surface area contributed by atoms with Crippen LogP contribution in [0.1, 0.15) is 5.56 Å². The summed E-state index contributed by atoms with van der Waals surface area (Å²) in [5, 5.41) is 0. The van der Waals surface area contributed by atoms with Gasteiger partial charge in [-0.05, 0) is 42.0 Å². The Balaban J connectivity index is 1.90. The molecule has 0 heterocycles. The zero-order valence-corrected chi connectivity index (χ0v) is 19.1. The minimum absolute atomic E-state index is 0.0624. The lowest BCUT2D eigenvalue weighted by Crippen LogP contribution is -2.41. The first-order valence-corrected chi connectivity index (χ1v) is 11.4. The fourth-order valence-electron chi connectivity index (χ4n) is 3.13. The molecule has 0 saturated heterocycles. The Hall–Kier alpha value is -3.36. The fraction of sp³-hybridized carbons (Fsp3) is 0.208. The largest absolute Gasteiger partial charge is 0.497 e. The number of hydrogen-bond acceptors (Lipinski definition) is 5. The van der Waals surface area contributed by atoms with Gasteiger partial charge < -0.3 is 14.4 Å². The molecule has 0 aliphatic carbocycles. The molecule has 0 fully saturated rings. The molecule has 32 heavy (non-hydrogen) atoms. The van der Waals surface area contributed by atoms with Gasteiger partial charge in [-0.3, -0.25) is 4.79 Å². The van der Waals surface area contributed by atoms with Gasteiger partial charge in [0, 0.05) is 25.3 Å². The van der Waals surface area contributed by atoms with Crippen molar-refractivity contribution in [2.45, 2.75) is 11.4 Å². The highest BCUT2D eigenvalue weighted by Gasteiger charge is 2.28. The monoisotopic (exact) mass is 454 g/mol. The molecule has 0 radical (unpaired) electrons. The predicted octanol–water partition coefficient (Wildman–Crippen LogP) is 3.56. The average molecular weight is 455 g/mol. The minimum atomic E-state index is -3.94. The Kier molecular flexibility index (Phi) is 7.50. The van der Waals surface area contributed by atoms with E-state index >= 15 is 0 Å². The Labute approximate surface area is 188 Å². The van der Waals surface area contributed by atoms with Gasteiger partial charge in [0.15, 0.2) is 0 Å². The Morgan fingerprint density at radius 3 is 2.12 bits per heavy atom. The molecule has 0 aliphatic heterocycles. The summed E-state index contributed by atoms with van der Waals surface area (Å²) in [4.78, 5) is 14.6. The molecule has 0 aliphatic rings. The van der Waals surface area contributed by atoms with E-state index in [9.17, 15) is 13.2 Å². The van der Waals surface area contributed by atoms with Crippen LogP contribution in [0.2, 0.25) is 0 Å². The van der Waals surface area contributed by atoms with Gasteiger partial charge in [-0.25, -0.2) is 8.42 Å². The van der Waals surface area contributed by atoms with Gasteiger partial charge in [0.1, 0.15) is 11.5 Å². The Morgan fingerprint density at radius 2 is 1.50 bits per heavy atom. The van der Waals surface area contributed by atoms with E-state index in [1.165, 1.54) is 28.4 Å². The molecule has 0 bridgehead atoms. The van der Waals surface area contributed by atoms with Crippen LogP contribution in [-0.2, 0) is 21.4 Å². The number of methoxy groups -OCH3 is 2. The molecule has 0 aromatic heterocycles. The quantitative estimate of drug-likeness (QED) is 0.494. The number of anilines is 1. The number of carbonyl (C=O) groups is 1. The van der Waals surface area contributed by atoms with Crippen molar-refractivity contribution in [3.8, 4) is 11.5 Å². The van der Waals surface area contributed by atoms with Gasteiger partial charge in [0.05, 0.1) is 25.7 Å². The molecule has 0 unspecified atom stereocenters. The van der Waals surface area contributed by atoms with Crippen molar-refractivity contribution >= 4 is 21.6 Å². The van der Waals surface area contributed by atoms with Crippen molar-refractivity contribution in [2.24, 2.45) is 0 Å². The number of ether oxygens (including phenoxy) is 2. The van der Waals surface area contributed by atoms with Crippen molar-refractivity contribution in [1.29, 1.82) is 0 Å². The van der Waals surface area contributed by atoms with Gasteiger partial charge >= 0.3 is 0 Å². The van der Waals surface area contributed by atoms with Crippen molar-refractivity contribution < 1.29 is 22.7 Å². The molecule has 7 nitrogen and oxygen atoms in total. The molecule has 168 valence electrons. The van der Waals surface area contributed by atoms with E-state index in [2.05, 4.69) is 0 Å². The first-order valence-electron chi connectivity index (χ1n) is 9.94. The third kappa shape index (κ3) is 5.46. The van der Waals surface area contributed by atoms with Crippen LogP contribution in [0, 0.1) is 0 Å². The van der Waals surface area contributed by atoms with Crippen LogP contribution in [0.25, 0.3) is 0 Å². The van der Waals surface area contributed by atoms with E-state index in [1.807, 2.05) is 30.3 Å². The molecular weight excluding hydrogens is 428 g/mol. The average Bonchev–Trinajstić information content (AvgIpc) is 2.83. The van der Waals surface area contributed by atoms with E-state index in [-0.39, 0.29) is 23.9 Å². The maximum absolute atomic E-state index is 13.4. The highest BCUT2D eigenvalue weighted by molar-refractivity contribution is 7.89. The first-order chi connectivity index (χ1) is 15.3. The number of amides is 1. The fourth-order valence-corrected chi connectivity index (χ4v) is 4.51. The lowest BCUT2D eigenvalue weighted by atomic mass is 10.2. The zero-order chi connectivity index (χ0) is 23.1. The second kappa shape index (κ2) is 10.3. The smallest absolute Gasteiger partial charge is 0.243 e. The van der Waals surface area contributed by atoms with Crippen molar-refractivity contribution in [1.82, 2.24) is 4.31 Å². The number of sulfonamides is 1. The van der Waals surface area contributed by atoms with E-state index in [0.29, 0.717) is 17.2 Å². The number of rotatable bonds is 9. The van der Waals surface area contributed by atoms with Crippen molar-refractivity contribution in [3.05, 3.63) is 84.4 Å². The third-order valence-electron chi connectivity index (χ3n) is 5.03. The molecule has 3 rings (SSSR count). The van der Waals surface area contributed by atoms with Crippen molar-refractivity contribution in [3.63, 3.8) is 0 Å². The van der Waals surface area contributed by atoms with Crippen LogP contribution in [0.3, 0.4) is 0 Å². The van der Waals surface area contributed by atoms with Gasteiger partial charge in [-0.15, -0.1) is 0 Å². The minimum Gasteiger partial charge on any atom is -0.497 e. The summed E-state index contributed by atoms with van der Waals surface area (Å²) in [5.74, 6) is 0.785. The SMILES string of the molecule is COc1ccc(S(=O)(=O)N(CC(=O)N(C)c2cccc(OC)c2)Cc2ccccc2)cc1. The Morgan fingerprint density at radius 1 is 0.844 bits per heavy atom. The standard InChI is InChI=1S/C24H26N2O5S/c1-25(20-10-7-11-22(16-20)31-3)24(27)18-26(17-19-8-5-4-6-9-19)32(28,29)23-14-12-21(30-2)13-15-23/h4-16H,17-18H2,1-3H3. The normalized spacial score (nSPS) is 11.2. The van der Waals surface area contributed by atoms with Crippen LogP contribution in [-0.4, -0.2) is 46.4 Å². The number of hydrogen-bond donors (Lipinski definition) is 0. The van der Waals surface area contributed by atoms with Gasteiger partial charge in [0.2, 0.25) is 15.9 Å². The first kappa shape index (κ1) is 23.3. The van der Waals surface area contributed by atoms with Gasteiger partial charge in [-0.2, -0.15) is 4.31 Å². The number of carbonyl (C=O) groups excluding carboxylic acids is 1. The van der Waals surface area contributed by atoms with E-state index < -0.39 is 10.0 Å². The predicted molar refractivity (Wildman–Crippen MR) is 123 cm³/mol. The number of likely N-dealkylation sites (N-methyl/N-ethyl adjacent to an activating group) is 1. The van der Waals surface area contributed by atoms with Crippen LogP contribution < -0.4 is 14.4 Å². The summed E-state index contributed by atoms with van der Waals surface area (Å²) in [6, 6.07) is 22.3. The lowest BCUT2D eigenvalue weighted by Gasteiger charge is -2.25. The zero-order valence-electron chi connectivity index (χ0n) is 18.3. The summed E-state index contributed by atoms with van der Waals surface area (Å²) < 4.78 is 38.4. The highest BCUT2D eigenvalue weighted by atomic mass is 32.2. The molecule has 8 heteroatoms. The highest BCUT2D eigenvalue weighted by Crippen LogP contribution is 2.23. The van der Waals surface area contributed by atoms with Gasteiger partial charge in [0.25, 0.3) is 0 Å². The van der Waals surface area contributed by atoms with Crippen LogP contribution >= 0.6 is 0 Å². The van der Waals surface area contributed by atoms with Crippen LogP contribution in [0.5, 0.6) is 11.5 Å². The molecule has 3 aromatic carbocycles. The summed E-state index contributed by atoms with van der Waals surface area (Å²) >= 11 is 0. The molecule has 0 spiro atoms. The van der Waals surface area contributed by atoms with Crippen LogP contribution in [0.4, 0.5) is 5.69 Å². The van der Waals surface area contributed by atoms with E-state index in [0.717, 1.165) is 5.56 Å². The maximum Gasteiger partial charge on any atom is 0.243 e. The second-order valence-corrected chi connectivity index (χ2v) is 9.03. The number of nitrogens with zero attached hydrogens (tertiary/aromatic N) is 2. The third-order valence-corrected chi connectivity index (χ3v) is 6.83. The molecule has 0 N–H and O–H groups in total. The molecule has 1 amide bonds. The van der Waals surface area contributed by atoms with E-state index in [4.69, 9.17) is 9.47 Å². The molecule has 0 atom stereocenters. The molecule has 0 saturated carbocycles. The lowest BCUT2D eigenvalue weighted by molar-refractivity contribution is -0.118. The molecular formula is C24H26N2O5S. The van der Waals surface area contributed by atoms with Crippen LogP contribution in [0.15, 0.2) is 83.8 Å². The maximum atomic E-state index is 13.4. The topological polar surface area (TPSA) is 76.2 Å². The van der Waals surface area contributed by atoms with Crippen molar-refractivity contribution in [2.75, 3.05) is 32.7 Å². The van der Waals surface area contributed by atoms with E-state index in [1.54, 1.807) is 50.6 Å². The summed E-state index contributed by atoms with van der Waals surface area (Å²) in [5.41, 5.74) is 1.39. The summed E-state index contributed by atoms with van der Waals surface area (Å²) in [6.07, 6.45) is 0. The Bertz CT molecular complexity index is 1150. The molecule has 3 aromatic rings. The second-order valence-electron chi connectivity index (χ2n) is 7.09. The number of benzene rings is 3. The van der Waals surface area contributed by atoms with Gasteiger partial charge in [-0.1, -0.05) is 36.4 Å². The summed E-state index contributed by atoms with van der Waals surface area (Å²) in [7, 11) is 0.724. The summed E-state index contributed by atoms with van der Waals surface area (Å²) in [6.45, 7) is -0.260.